The summed E-state index contributed by atoms with van der Waals surface area (Å²) in [6.07, 6.45) is 0.527. The number of benzene rings is 2. The predicted molar refractivity (Wildman–Crippen MR) is 133 cm³/mol. The molecule has 1 saturated heterocycles. The van der Waals surface area contributed by atoms with Gasteiger partial charge in [0.05, 0.1) is 6.04 Å². The number of anilines is 1. The molecule has 178 valence electrons. The third kappa shape index (κ3) is 5.13. The monoisotopic (exact) mass is 478 g/mol. The Labute approximate surface area is 201 Å². The molecule has 7 nitrogen and oxygen atoms in total. The topological polar surface area (TPSA) is 105 Å². The van der Waals surface area contributed by atoms with E-state index in [1.165, 1.54) is 23.8 Å². The van der Waals surface area contributed by atoms with Crippen LogP contribution in [-0.2, 0) is 21.4 Å². The summed E-state index contributed by atoms with van der Waals surface area (Å²) in [4.78, 5) is 19.3. The molecule has 2 aromatic carbocycles. The lowest BCUT2D eigenvalue weighted by molar-refractivity contribution is -0.123. The number of hydrogen-bond acceptors (Lipinski definition) is 6. The van der Waals surface area contributed by atoms with Gasteiger partial charge in [0, 0.05) is 13.1 Å². The van der Waals surface area contributed by atoms with Crippen LogP contribution >= 0.6 is 0 Å². The summed E-state index contributed by atoms with van der Waals surface area (Å²) in [6, 6.07) is 18.0. The standard InChI is InChI=1S/C26H30N4O3S/c1-17-12-18(2)22(19(3)13-17)16-30-15-21(20-8-5-4-6-9-20)14-23(30)26(31)29-34(32,33)25-11-7-10-24(27)28-25/h4-13,21,23H,14-16H2,1-3H3,(H2,27,28)(H,29,31)/t21-,23-/m1/s1. The second-order valence-corrected chi connectivity index (χ2v) is 10.7. The Morgan fingerprint density at radius 2 is 1.74 bits per heavy atom. The van der Waals surface area contributed by atoms with Gasteiger partial charge in [-0.05, 0) is 67.5 Å². The number of nitrogen functional groups attached to an aromatic ring is 1. The number of amides is 1. The number of aryl methyl sites for hydroxylation is 3. The molecular formula is C26H30N4O3S. The molecule has 1 fully saturated rings. The van der Waals surface area contributed by atoms with Crippen molar-refractivity contribution in [2.24, 2.45) is 0 Å². The number of pyridine rings is 1. The Bertz CT molecular complexity index is 1290. The van der Waals surface area contributed by atoms with Gasteiger partial charge in [0.15, 0.2) is 5.03 Å². The van der Waals surface area contributed by atoms with Crippen LogP contribution in [-0.4, -0.2) is 36.8 Å². The highest BCUT2D eigenvalue weighted by atomic mass is 32.2. The minimum atomic E-state index is -4.14. The van der Waals surface area contributed by atoms with Crippen LogP contribution in [0.3, 0.4) is 0 Å². The zero-order valence-corrected chi connectivity index (χ0v) is 20.5. The van der Waals surface area contributed by atoms with Gasteiger partial charge in [-0.25, -0.2) is 9.71 Å². The second kappa shape index (κ2) is 9.56. The van der Waals surface area contributed by atoms with Gasteiger partial charge in [-0.15, -0.1) is 0 Å². The number of nitrogens with zero attached hydrogens (tertiary/aromatic N) is 2. The number of hydrogen-bond donors (Lipinski definition) is 2. The molecule has 3 N–H and O–H groups in total. The molecule has 4 rings (SSSR count). The molecule has 2 heterocycles. The summed E-state index contributed by atoms with van der Waals surface area (Å²) >= 11 is 0. The maximum absolute atomic E-state index is 13.3. The van der Waals surface area contributed by atoms with Crippen molar-refractivity contribution in [3.63, 3.8) is 0 Å². The number of sulfonamides is 1. The summed E-state index contributed by atoms with van der Waals surface area (Å²) in [5.74, 6) is -0.353. The Kier molecular flexibility index (Phi) is 6.72. The molecule has 34 heavy (non-hydrogen) atoms. The molecule has 1 amide bonds. The van der Waals surface area contributed by atoms with E-state index in [0.717, 1.165) is 22.3 Å². The van der Waals surface area contributed by atoms with E-state index in [0.29, 0.717) is 19.5 Å². The van der Waals surface area contributed by atoms with Gasteiger partial charge in [-0.1, -0.05) is 54.1 Å². The Balaban J connectivity index is 1.62. The fourth-order valence-electron chi connectivity index (χ4n) is 4.81. The van der Waals surface area contributed by atoms with E-state index in [9.17, 15) is 13.2 Å². The highest BCUT2D eigenvalue weighted by molar-refractivity contribution is 7.90. The van der Waals surface area contributed by atoms with E-state index < -0.39 is 22.0 Å². The summed E-state index contributed by atoms with van der Waals surface area (Å²) in [6.45, 7) is 7.44. The number of nitrogens with two attached hydrogens (primary N) is 1. The molecule has 0 aliphatic carbocycles. The summed E-state index contributed by atoms with van der Waals surface area (Å²) in [5, 5.41) is -0.268. The normalized spacial score (nSPS) is 18.7. The predicted octanol–water partition coefficient (Wildman–Crippen LogP) is 3.45. The second-order valence-electron chi connectivity index (χ2n) is 9.04. The van der Waals surface area contributed by atoms with Crippen molar-refractivity contribution in [3.05, 3.63) is 88.5 Å². The molecular weight excluding hydrogens is 448 g/mol. The van der Waals surface area contributed by atoms with Crippen LogP contribution in [0.4, 0.5) is 5.82 Å². The minimum Gasteiger partial charge on any atom is -0.384 e. The van der Waals surface area contributed by atoms with E-state index in [4.69, 9.17) is 5.73 Å². The number of carbonyl (C=O) groups excluding carboxylic acids is 1. The molecule has 8 heteroatoms. The summed E-state index contributed by atoms with van der Waals surface area (Å²) in [5.41, 5.74) is 11.5. The van der Waals surface area contributed by atoms with Gasteiger partial charge in [0.1, 0.15) is 5.82 Å². The quantitative estimate of drug-likeness (QED) is 0.562. The van der Waals surface area contributed by atoms with Crippen molar-refractivity contribution in [2.45, 2.75) is 50.7 Å². The molecule has 1 aliphatic rings. The van der Waals surface area contributed by atoms with E-state index in [2.05, 4.69) is 59.6 Å². The third-order valence-corrected chi connectivity index (χ3v) is 7.68. The van der Waals surface area contributed by atoms with Crippen LogP contribution in [0.25, 0.3) is 0 Å². The Hall–Kier alpha value is -3.23. The first kappa shape index (κ1) is 23.9. The first-order valence-electron chi connectivity index (χ1n) is 11.3. The number of aromatic nitrogens is 1. The van der Waals surface area contributed by atoms with Crippen molar-refractivity contribution in [1.29, 1.82) is 0 Å². The van der Waals surface area contributed by atoms with E-state index >= 15 is 0 Å². The van der Waals surface area contributed by atoms with Crippen molar-refractivity contribution < 1.29 is 13.2 Å². The maximum atomic E-state index is 13.3. The van der Waals surface area contributed by atoms with Crippen LogP contribution in [0.1, 0.15) is 40.2 Å². The van der Waals surface area contributed by atoms with Crippen LogP contribution < -0.4 is 10.5 Å². The Morgan fingerprint density at radius 3 is 2.38 bits per heavy atom. The molecule has 1 aromatic heterocycles. The molecule has 0 radical (unpaired) electrons. The molecule has 3 aromatic rings. The highest BCUT2D eigenvalue weighted by Gasteiger charge is 2.39. The first-order chi connectivity index (χ1) is 16.1. The lowest BCUT2D eigenvalue weighted by atomic mass is 9.96. The minimum absolute atomic E-state index is 0.0762. The fraction of sp³-hybridized carbons (Fsp3) is 0.308. The zero-order chi connectivity index (χ0) is 24.5. The van der Waals surface area contributed by atoms with Crippen LogP contribution in [0, 0.1) is 20.8 Å². The van der Waals surface area contributed by atoms with E-state index in [-0.39, 0.29) is 16.8 Å². The largest absolute Gasteiger partial charge is 0.384 e. The van der Waals surface area contributed by atoms with Gasteiger partial charge in [0.25, 0.3) is 15.9 Å². The van der Waals surface area contributed by atoms with Crippen molar-refractivity contribution in [3.8, 4) is 0 Å². The SMILES string of the molecule is Cc1cc(C)c(CN2C[C@H](c3ccccc3)C[C@@H]2C(=O)NS(=O)(=O)c2cccc(N)n2)c(C)c1. The summed E-state index contributed by atoms with van der Waals surface area (Å²) < 4.78 is 27.9. The van der Waals surface area contributed by atoms with Crippen molar-refractivity contribution in [1.82, 2.24) is 14.6 Å². The van der Waals surface area contributed by atoms with Gasteiger partial charge in [-0.3, -0.25) is 9.69 Å². The smallest absolute Gasteiger partial charge is 0.281 e. The van der Waals surface area contributed by atoms with Crippen molar-refractivity contribution in [2.75, 3.05) is 12.3 Å². The lowest BCUT2D eigenvalue weighted by Gasteiger charge is -2.25. The van der Waals surface area contributed by atoms with Gasteiger partial charge >= 0.3 is 0 Å². The molecule has 0 bridgehead atoms. The first-order valence-corrected chi connectivity index (χ1v) is 12.8. The van der Waals surface area contributed by atoms with Gasteiger partial charge in [0.2, 0.25) is 0 Å². The average Bonchev–Trinajstić information content (AvgIpc) is 3.21. The zero-order valence-electron chi connectivity index (χ0n) is 19.7. The number of nitrogens with one attached hydrogen (secondary N) is 1. The highest BCUT2D eigenvalue weighted by Crippen LogP contribution is 2.34. The molecule has 2 atom stereocenters. The van der Waals surface area contributed by atoms with Crippen LogP contribution in [0.5, 0.6) is 0 Å². The van der Waals surface area contributed by atoms with Gasteiger partial charge in [-0.2, -0.15) is 8.42 Å². The third-order valence-electron chi connectivity index (χ3n) is 6.43. The summed E-state index contributed by atoms with van der Waals surface area (Å²) in [7, 11) is -4.14. The maximum Gasteiger partial charge on any atom is 0.281 e. The number of likely N-dealkylation sites (tertiary alicyclic amines) is 1. The molecule has 0 spiro atoms. The lowest BCUT2D eigenvalue weighted by Crippen LogP contribution is -2.45. The average molecular weight is 479 g/mol. The van der Waals surface area contributed by atoms with E-state index in [1.807, 2.05) is 18.2 Å². The number of carbonyl (C=O) groups is 1. The fourth-order valence-corrected chi connectivity index (χ4v) is 5.80. The van der Waals surface area contributed by atoms with Crippen LogP contribution in [0.2, 0.25) is 0 Å². The molecule has 1 aliphatic heterocycles. The molecule has 0 saturated carbocycles. The molecule has 0 unspecified atom stereocenters. The number of rotatable bonds is 6. The van der Waals surface area contributed by atoms with Gasteiger partial charge < -0.3 is 5.73 Å². The van der Waals surface area contributed by atoms with E-state index in [1.54, 1.807) is 0 Å². The Morgan fingerprint density at radius 1 is 1.06 bits per heavy atom. The van der Waals surface area contributed by atoms with Crippen molar-refractivity contribution >= 4 is 21.7 Å². The van der Waals surface area contributed by atoms with Crippen LogP contribution in [0.15, 0.2) is 65.7 Å².